The maximum absolute atomic E-state index is 13.3. The van der Waals surface area contributed by atoms with Crippen molar-refractivity contribution in [2.75, 3.05) is 31.5 Å². The third-order valence-corrected chi connectivity index (χ3v) is 6.34. The lowest BCUT2D eigenvalue weighted by Gasteiger charge is -2.25. The molecule has 2 aliphatic heterocycles. The van der Waals surface area contributed by atoms with Gasteiger partial charge in [0.15, 0.2) is 6.19 Å². The predicted molar refractivity (Wildman–Crippen MR) is 137 cm³/mol. The number of carbonyl (C=O) groups excluding carboxylic acids is 2. The molecule has 0 saturated carbocycles. The Balaban J connectivity index is 1.42. The van der Waals surface area contributed by atoms with Crippen LogP contribution >= 0.6 is 0 Å². The molecule has 0 spiro atoms. The first-order valence-corrected chi connectivity index (χ1v) is 12.5. The van der Waals surface area contributed by atoms with Gasteiger partial charge in [-0.15, -0.1) is 0 Å². The molecule has 36 heavy (non-hydrogen) atoms. The summed E-state index contributed by atoms with van der Waals surface area (Å²) in [5, 5.41) is 14.9. The first-order chi connectivity index (χ1) is 17.6. The van der Waals surface area contributed by atoms with Gasteiger partial charge in [0.2, 0.25) is 17.8 Å². The van der Waals surface area contributed by atoms with Crippen molar-refractivity contribution >= 4 is 23.5 Å². The Morgan fingerprint density at radius 3 is 2.61 bits per heavy atom. The van der Waals surface area contributed by atoms with Gasteiger partial charge in [-0.25, -0.2) is 4.99 Å². The highest BCUT2D eigenvalue weighted by molar-refractivity contribution is 5.97. The molecule has 2 aromatic rings. The largest absolute Gasteiger partial charge is 0.489 e. The van der Waals surface area contributed by atoms with Gasteiger partial charge >= 0.3 is 0 Å². The molecule has 188 valence electrons. The van der Waals surface area contributed by atoms with E-state index < -0.39 is 6.04 Å². The van der Waals surface area contributed by atoms with Crippen molar-refractivity contribution in [3.05, 3.63) is 60.2 Å². The Hall–Kier alpha value is -4.06. The van der Waals surface area contributed by atoms with Crippen LogP contribution < -0.4 is 15.4 Å². The number of amides is 2. The summed E-state index contributed by atoms with van der Waals surface area (Å²) in [7, 11) is 0. The highest BCUT2D eigenvalue weighted by atomic mass is 16.5. The van der Waals surface area contributed by atoms with Gasteiger partial charge in [-0.2, -0.15) is 5.26 Å². The number of nitrogens with one attached hydrogen (secondary N) is 2. The van der Waals surface area contributed by atoms with Crippen molar-refractivity contribution in [1.29, 1.82) is 5.26 Å². The molecule has 9 nitrogen and oxygen atoms in total. The molecule has 2 N–H and O–H groups in total. The molecule has 2 fully saturated rings. The summed E-state index contributed by atoms with van der Waals surface area (Å²) in [6.07, 6.45) is 6.11. The van der Waals surface area contributed by atoms with E-state index in [1.165, 1.54) is 0 Å². The van der Waals surface area contributed by atoms with Gasteiger partial charge in [0, 0.05) is 31.4 Å². The Morgan fingerprint density at radius 1 is 1.06 bits per heavy atom. The number of anilines is 1. The number of rotatable bonds is 7. The van der Waals surface area contributed by atoms with Gasteiger partial charge in [0.25, 0.3) is 0 Å². The van der Waals surface area contributed by atoms with Crippen molar-refractivity contribution in [1.82, 2.24) is 15.1 Å². The third kappa shape index (κ3) is 6.98. The Labute approximate surface area is 211 Å². The minimum Gasteiger partial charge on any atom is -0.489 e. The van der Waals surface area contributed by atoms with E-state index in [1.807, 2.05) is 65.7 Å². The fourth-order valence-electron chi connectivity index (χ4n) is 4.44. The van der Waals surface area contributed by atoms with Crippen LogP contribution in [-0.2, 0) is 16.2 Å². The van der Waals surface area contributed by atoms with Crippen LogP contribution in [0.1, 0.15) is 37.7 Å². The molecule has 2 saturated heterocycles. The molecule has 0 aromatic heterocycles. The normalized spacial score (nSPS) is 18.4. The molecule has 0 radical (unpaired) electrons. The van der Waals surface area contributed by atoms with Crippen molar-refractivity contribution in [2.24, 2.45) is 4.99 Å². The fourth-order valence-corrected chi connectivity index (χ4v) is 4.44. The van der Waals surface area contributed by atoms with E-state index in [4.69, 9.17) is 4.74 Å². The first-order valence-electron chi connectivity index (χ1n) is 12.5. The van der Waals surface area contributed by atoms with Gasteiger partial charge < -0.3 is 19.9 Å². The lowest BCUT2D eigenvalue weighted by molar-refractivity contribution is -0.140. The average Bonchev–Trinajstić information content (AvgIpc) is 3.39. The van der Waals surface area contributed by atoms with Crippen LogP contribution in [0, 0.1) is 11.5 Å². The minimum atomic E-state index is -0.667. The molecule has 2 amide bonds. The summed E-state index contributed by atoms with van der Waals surface area (Å²) in [6, 6.07) is 16.6. The van der Waals surface area contributed by atoms with Gasteiger partial charge in [0.05, 0.1) is 6.54 Å². The molecule has 2 aromatic carbocycles. The van der Waals surface area contributed by atoms with E-state index in [0.717, 1.165) is 44.3 Å². The number of hydrogen-bond donors (Lipinski definition) is 2. The van der Waals surface area contributed by atoms with E-state index >= 15 is 0 Å². The maximum Gasteiger partial charge on any atom is 0.247 e. The SMILES string of the molecule is N#CNC(=NC1CCCCN(CC(=O)N2CCCC2)C1=O)Nc1cccc(OCc2ccccc2)c1. The van der Waals surface area contributed by atoms with Crippen LogP contribution in [0.2, 0.25) is 0 Å². The molecular formula is C27H32N6O3. The quantitative estimate of drug-likeness (QED) is 0.268. The van der Waals surface area contributed by atoms with E-state index in [1.54, 1.807) is 4.90 Å². The molecule has 9 heteroatoms. The number of ether oxygens (including phenoxy) is 1. The number of aliphatic imine (C=N–C) groups is 1. The fraction of sp³-hybridized carbons (Fsp3) is 0.407. The number of guanidine groups is 1. The second kappa shape index (κ2) is 12.6. The smallest absolute Gasteiger partial charge is 0.247 e. The molecule has 1 unspecified atom stereocenters. The first kappa shape index (κ1) is 25.0. The summed E-state index contributed by atoms with van der Waals surface area (Å²) in [4.78, 5) is 33.9. The minimum absolute atomic E-state index is 0.00806. The molecule has 2 aliphatic rings. The zero-order valence-corrected chi connectivity index (χ0v) is 20.4. The second-order valence-corrected chi connectivity index (χ2v) is 9.00. The second-order valence-electron chi connectivity index (χ2n) is 9.00. The molecule has 4 rings (SSSR count). The lowest BCUT2D eigenvalue weighted by atomic mass is 10.1. The highest BCUT2D eigenvalue weighted by Crippen LogP contribution is 2.20. The molecule has 0 bridgehead atoms. The van der Waals surface area contributed by atoms with E-state index in [-0.39, 0.29) is 24.3 Å². The van der Waals surface area contributed by atoms with Crippen LogP contribution in [0.25, 0.3) is 0 Å². The van der Waals surface area contributed by atoms with E-state index in [0.29, 0.717) is 31.0 Å². The third-order valence-electron chi connectivity index (χ3n) is 6.34. The van der Waals surface area contributed by atoms with Crippen LogP contribution in [0.3, 0.4) is 0 Å². The number of carbonyl (C=O) groups is 2. The van der Waals surface area contributed by atoms with Crippen molar-refractivity contribution < 1.29 is 14.3 Å². The maximum atomic E-state index is 13.3. The summed E-state index contributed by atoms with van der Waals surface area (Å²) >= 11 is 0. The molecule has 2 heterocycles. The van der Waals surface area contributed by atoms with Crippen LogP contribution in [-0.4, -0.2) is 59.8 Å². The molecular weight excluding hydrogens is 456 g/mol. The Kier molecular flexibility index (Phi) is 8.76. The number of likely N-dealkylation sites (tertiary alicyclic amines) is 2. The number of nitrogens with zero attached hydrogens (tertiary/aromatic N) is 4. The van der Waals surface area contributed by atoms with Gasteiger partial charge in [-0.1, -0.05) is 36.4 Å². The van der Waals surface area contributed by atoms with Gasteiger partial charge in [-0.3, -0.25) is 14.9 Å². The monoisotopic (exact) mass is 488 g/mol. The standard InChI is InChI=1S/C27H32N6O3/c28-20-29-27(30-22-11-8-12-23(17-22)36-19-21-9-2-1-3-10-21)31-24-13-4-5-16-33(26(24)35)18-25(34)32-14-6-7-15-32/h1-3,8-12,17,24H,4-7,13-16,18-19H2,(H2,29,30,31). The van der Waals surface area contributed by atoms with Crippen molar-refractivity contribution in [3.8, 4) is 11.9 Å². The Morgan fingerprint density at radius 2 is 1.83 bits per heavy atom. The van der Waals surface area contributed by atoms with Crippen LogP contribution in [0.4, 0.5) is 5.69 Å². The zero-order chi connectivity index (χ0) is 25.2. The summed E-state index contributed by atoms with van der Waals surface area (Å²) in [5.74, 6) is 0.659. The van der Waals surface area contributed by atoms with Gasteiger partial charge in [0.1, 0.15) is 18.4 Å². The van der Waals surface area contributed by atoms with E-state index in [9.17, 15) is 14.9 Å². The summed E-state index contributed by atoms with van der Waals surface area (Å²) < 4.78 is 5.89. The highest BCUT2D eigenvalue weighted by Gasteiger charge is 2.30. The zero-order valence-electron chi connectivity index (χ0n) is 20.4. The number of nitriles is 1. The van der Waals surface area contributed by atoms with Crippen LogP contribution in [0.5, 0.6) is 5.75 Å². The number of hydrogen-bond acceptors (Lipinski definition) is 5. The number of benzene rings is 2. The summed E-state index contributed by atoms with van der Waals surface area (Å²) in [5.41, 5.74) is 1.73. The van der Waals surface area contributed by atoms with Gasteiger partial charge in [-0.05, 0) is 49.8 Å². The topological polar surface area (TPSA) is 110 Å². The molecule has 0 aliphatic carbocycles. The van der Waals surface area contributed by atoms with E-state index in [2.05, 4.69) is 15.6 Å². The predicted octanol–water partition coefficient (Wildman–Crippen LogP) is 3.11. The van der Waals surface area contributed by atoms with Crippen molar-refractivity contribution in [3.63, 3.8) is 0 Å². The average molecular weight is 489 g/mol. The van der Waals surface area contributed by atoms with Crippen LogP contribution in [0.15, 0.2) is 59.6 Å². The molecule has 1 atom stereocenters. The Bertz CT molecular complexity index is 1110. The summed E-state index contributed by atoms with van der Waals surface area (Å²) in [6.45, 7) is 2.58. The van der Waals surface area contributed by atoms with Crippen molar-refractivity contribution in [2.45, 2.75) is 44.8 Å². The lowest BCUT2D eigenvalue weighted by Crippen LogP contribution is -2.45.